The van der Waals surface area contributed by atoms with Crippen LogP contribution in [0.3, 0.4) is 0 Å². The monoisotopic (exact) mass is 219 g/mol. The van der Waals surface area contributed by atoms with Gasteiger partial charge in [0.25, 0.3) is 0 Å². The molecule has 78 valence electrons. The van der Waals surface area contributed by atoms with Crippen molar-refractivity contribution in [3.63, 3.8) is 0 Å². The van der Waals surface area contributed by atoms with E-state index in [1.807, 2.05) is 18.2 Å². The average molecular weight is 219 g/mol. The molecule has 0 saturated heterocycles. The van der Waals surface area contributed by atoms with Gasteiger partial charge in [-0.05, 0) is 12.1 Å². The molecule has 2 nitrogen and oxygen atoms in total. The van der Waals surface area contributed by atoms with Crippen molar-refractivity contribution in [2.24, 2.45) is 0 Å². The van der Waals surface area contributed by atoms with Crippen molar-refractivity contribution in [3.8, 4) is 0 Å². The number of aldehydes is 1. The van der Waals surface area contributed by atoms with E-state index in [1.165, 1.54) is 0 Å². The van der Waals surface area contributed by atoms with Crippen molar-refractivity contribution >= 4 is 27.8 Å². The summed E-state index contributed by atoms with van der Waals surface area (Å²) in [5.41, 5.74) is 1.69. The lowest BCUT2D eigenvalue weighted by Crippen LogP contribution is -2.09. The summed E-state index contributed by atoms with van der Waals surface area (Å²) in [6.45, 7) is 6.43. The van der Waals surface area contributed by atoms with Crippen LogP contribution in [0, 0.1) is 0 Å². The maximum Gasteiger partial charge on any atom is 0.150 e. The molecule has 1 aromatic carbocycles. The number of rotatable bonds is 1. The second-order valence-electron chi connectivity index (χ2n) is 4.61. The fourth-order valence-electron chi connectivity index (χ4n) is 1.34. The molecule has 0 unspecified atom stereocenters. The first-order chi connectivity index (χ1) is 7.00. The minimum absolute atomic E-state index is 0.0744. The summed E-state index contributed by atoms with van der Waals surface area (Å²) >= 11 is 1.70. The van der Waals surface area contributed by atoms with Crippen LogP contribution in [-0.4, -0.2) is 11.3 Å². The van der Waals surface area contributed by atoms with Gasteiger partial charge in [-0.2, -0.15) is 0 Å². The number of nitrogens with zero attached hydrogens (tertiary/aromatic N) is 1. The smallest absolute Gasteiger partial charge is 0.150 e. The van der Waals surface area contributed by atoms with Crippen molar-refractivity contribution in [1.82, 2.24) is 4.98 Å². The van der Waals surface area contributed by atoms with Gasteiger partial charge in [-0.15, -0.1) is 11.3 Å². The van der Waals surface area contributed by atoms with Crippen molar-refractivity contribution in [3.05, 3.63) is 28.8 Å². The van der Waals surface area contributed by atoms with Crippen LogP contribution in [0.4, 0.5) is 0 Å². The van der Waals surface area contributed by atoms with Crippen LogP contribution in [0.5, 0.6) is 0 Å². The van der Waals surface area contributed by atoms with Crippen LogP contribution < -0.4 is 0 Å². The third-order valence-corrected chi connectivity index (χ3v) is 3.65. The van der Waals surface area contributed by atoms with E-state index in [2.05, 4.69) is 25.8 Å². The first-order valence-corrected chi connectivity index (χ1v) is 5.68. The molecule has 1 aromatic heterocycles. The van der Waals surface area contributed by atoms with E-state index >= 15 is 0 Å². The highest BCUT2D eigenvalue weighted by Gasteiger charge is 2.18. The number of carbonyl (C=O) groups excluding carboxylic acids is 1. The van der Waals surface area contributed by atoms with Crippen molar-refractivity contribution in [2.75, 3.05) is 0 Å². The van der Waals surface area contributed by atoms with Crippen molar-refractivity contribution in [1.29, 1.82) is 0 Å². The largest absolute Gasteiger partial charge is 0.298 e. The van der Waals surface area contributed by atoms with Gasteiger partial charge in [0.1, 0.15) is 6.29 Å². The lowest BCUT2D eigenvalue weighted by atomic mass is 9.98. The first kappa shape index (κ1) is 10.3. The third-order valence-electron chi connectivity index (χ3n) is 2.19. The lowest BCUT2D eigenvalue weighted by Gasteiger charge is -2.13. The Morgan fingerprint density at radius 2 is 2.07 bits per heavy atom. The molecule has 0 saturated carbocycles. The van der Waals surface area contributed by atoms with Crippen LogP contribution in [0.25, 0.3) is 10.2 Å². The normalized spacial score (nSPS) is 11.9. The molecule has 0 spiro atoms. The topological polar surface area (TPSA) is 30.0 Å². The highest BCUT2D eigenvalue weighted by Crippen LogP contribution is 2.31. The predicted molar refractivity (Wildman–Crippen MR) is 63.7 cm³/mol. The Labute approximate surface area is 93.0 Å². The molecule has 0 N–H and O–H groups in total. The maximum absolute atomic E-state index is 10.6. The van der Waals surface area contributed by atoms with Crippen molar-refractivity contribution < 1.29 is 4.79 Å². The van der Waals surface area contributed by atoms with Crippen LogP contribution in [0.1, 0.15) is 36.1 Å². The number of benzene rings is 1. The molecule has 1 heterocycles. The molecule has 0 aliphatic rings. The molecule has 0 aliphatic heterocycles. The standard InChI is InChI=1S/C12H13NOS/c1-12(2,3)11-13-9-6-8(7-14)4-5-10(9)15-11/h4-7H,1-3H3. The Kier molecular flexibility index (Phi) is 2.35. The first-order valence-electron chi connectivity index (χ1n) is 4.87. The minimum atomic E-state index is 0.0744. The maximum atomic E-state index is 10.6. The van der Waals surface area contributed by atoms with E-state index in [0.717, 1.165) is 21.5 Å². The summed E-state index contributed by atoms with van der Waals surface area (Å²) in [5, 5.41) is 1.11. The molecule has 0 atom stereocenters. The summed E-state index contributed by atoms with van der Waals surface area (Å²) in [5.74, 6) is 0. The second-order valence-corrected chi connectivity index (χ2v) is 5.64. The van der Waals surface area contributed by atoms with E-state index in [4.69, 9.17) is 0 Å². The summed E-state index contributed by atoms with van der Waals surface area (Å²) in [6.07, 6.45) is 0.857. The zero-order valence-corrected chi connectivity index (χ0v) is 9.89. The highest BCUT2D eigenvalue weighted by atomic mass is 32.1. The molecular weight excluding hydrogens is 206 g/mol. The van der Waals surface area contributed by atoms with Gasteiger partial charge in [-0.1, -0.05) is 26.8 Å². The van der Waals surface area contributed by atoms with Crippen LogP contribution >= 0.6 is 11.3 Å². The molecule has 2 rings (SSSR count). The molecule has 0 fully saturated rings. The minimum Gasteiger partial charge on any atom is -0.298 e. The molecule has 0 amide bonds. The molecule has 0 radical (unpaired) electrons. The summed E-state index contributed by atoms with van der Waals surface area (Å²) in [4.78, 5) is 15.2. The molecule has 3 heteroatoms. The Morgan fingerprint density at radius 3 is 2.67 bits per heavy atom. The van der Waals surface area contributed by atoms with Gasteiger partial charge in [0.15, 0.2) is 0 Å². The lowest BCUT2D eigenvalue weighted by molar-refractivity contribution is 0.112. The Hall–Kier alpha value is -1.22. The number of hydrogen-bond acceptors (Lipinski definition) is 3. The van der Waals surface area contributed by atoms with Crippen molar-refractivity contribution in [2.45, 2.75) is 26.2 Å². The van der Waals surface area contributed by atoms with Gasteiger partial charge < -0.3 is 0 Å². The number of carbonyl (C=O) groups is 1. The third kappa shape index (κ3) is 1.92. The summed E-state index contributed by atoms with van der Waals surface area (Å²) < 4.78 is 1.14. The molecule has 15 heavy (non-hydrogen) atoms. The Balaban J connectivity index is 2.61. The fourth-order valence-corrected chi connectivity index (χ4v) is 2.34. The van der Waals surface area contributed by atoms with E-state index in [-0.39, 0.29) is 5.41 Å². The van der Waals surface area contributed by atoms with Gasteiger partial charge >= 0.3 is 0 Å². The van der Waals surface area contributed by atoms with E-state index in [1.54, 1.807) is 11.3 Å². The molecule has 0 aliphatic carbocycles. The quantitative estimate of drug-likeness (QED) is 0.688. The van der Waals surface area contributed by atoms with Crippen LogP contribution in [0.2, 0.25) is 0 Å². The number of fused-ring (bicyclic) bond motifs is 1. The van der Waals surface area contributed by atoms with E-state index in [0.29, 0.717) is 5.56 Å². The van der Waals surface area contributed by atoms with Crippen LogP contribution in [0.15, 0.2) is 18.2 Å². The Morgan fingerprint density at radius 1 is 1.33 bits per heavy atom. The van der Waals surface area contributed by atoms with Crippen LogP contribution in [-0.2, 0) is 5.41 Å². The van der Waals surface area contributed by atoms with Gasteiger partial charge in [-0.3, -0.25) is 4.79 Å². The SMILES string of the molecule is CC(C)(C)c1nc2cc(C=O)ccc2s1. The number of hydrogen-bond donors (Lipinski definition) is 0. The number of aromatic nitrogens is 1. The van der Waals surface area contributed by atoms with Gasteiger partial charge in [0.2, 0.25) is 0 Å². The highest BCUT2D eigenvalue weighted by molar-refractivity contribution is 7.18. The van der Waals surface area contributed by atoms with Gasteiger partial charge in [0.05, 0.1) is 15.2 Å². The Bertz CT molecular complexity index is 508. The summed E-state index contributed by atoms with van der Waals surface area (Å²) in [7, 11) is 0. The van der Waals surface area contributed by atoms with E-state index in [9.17, 15) is 4.79 Å². The molecule has 2 aromatic rings. The summed E-state index contributed by atoms with van der Waals surface area (Å²) in [6, 6.07) is 5.64. The zero-order chi connectivity index (χ0) is 11.1. The predicted octanol–water partition coefficient (Wildman–Crippen LogP) is 3.41. The second kappa shape index (κ2) is 3.42. The van der Waals surface area contributed by atoms with Gasteiger partial charge in [0, 0.05) is 11.0 Å². The molecule has 0 bridgehead atoms. The fraction of sp³-hybridized carbons (Fsp3) is 0.333. The van der Waals surface area contributed by atoms with Gasteiger partial charge in [-0.25, -0.2) is 4.98 Å². The molecular formula is C12H13NOS. The zero-order valence-electron chi connectivity index (χ0n) is 9.07. The van der Waals surface area contributed by atoms with E-state index < -0.39 is 0 Å². The average Bonchev–Trinajstić information content (AvgIpc) is 2.59. The number of thiazole rings is 1.